The van der Waals surface area contributed by atoms with Crippen LogP contribution < -0.4 is 0 Å². The van der Waals surface area contributed by atoms with Gasteiger partial charge in [0.05, 0.1) is 23.5 Å². The van der Waals surface area contributed by atoms with Crippen LogP contribution >= 0.6 is 0 Å². The molecule has 7 heteroatoms. The van der Waals surface area contributed by atoms with Crippen molar-refractivity contribution < 1.29 is 8.42 Å². The molecule has 30 heavy (non-hydrogen) atoms. The third-order valence-electron chi connectivity index (χ3n) is 5.06. The van der Waals surface area contributed by atoms with Crippen molar-refractivity contribution in [2.45, 2.75) is 78.4 Å². The van der Waals surface area contributed by atoms with Crippen molar-refractivity contribution in [3.63, 3.8) is 0 Å². The summed E-state index contributed by atoms with van der Waals surface area (Å²) in [5.41, 5.74) is 1.83. The largest absolute Gasteiger partial charge is 0.361 e. The average molecular weight is 433 g/mol. The number of hydrogen-bond acceptors (Lipinski definition) is 3. The van der Waals surface area contributed by atoms with Crippen molar-refractivity contribution in [3.05, 3.63) is 48.7 Å². The van der Waals surface area contributed by atoms with Gasteiger partial charge in [-0.25, -0.2) is 13.4 Å². The van der Waals surface area contributed by atoms with Gasteiger partial charge in [-0.05, 0) is 57.4 Å². The van der Waals surface area contributed by atoms with Crippen molar-refractivity contribution in [1.29, 1.82) is 0 Å². The first kappa shape index (κ1) is 24.2. The molecule has 3 rings (SSSR count). The molecular formula is C23H36N4O2S. The van der Waals surface area contributed by atoms with Crippen molar-refractivity contribution in [2.24, 2.45) is 5.92 Å². The molecule has 2 aromatic heterocycles. The molecule has 3 aromatic rings. The molecule has 0 aliphatic heterocycles. The number of benzene rings is 1. The van der Waals surface area contributed by atoms with Crippen molar-refractivity contribution in [2.75, 3.05) is 0 Å². The van der Waals surface area contributed by atoms with Crippen LogP contribution in [-0.2, 0) is 16.6 Å². The molecule has 2 heterocycles. The van der Waals surface area contributed by atoms with Gasteiger partial charge < -0.3 is 9.55 Å². The smallest absolute Gasteiger partial charge is 0.243 e. The molecule has 0 aliphatic rings. The Balaban J connectivity index is 0.00000155. The molecule has 0 bridgehead atoms. The van der Waals surface area contributed by atoms with Crippen LogP contribution in [0, 0.1) is 5.92 Å². The van der Waals surface area contributed by atoms with Gasteiger partial charge in [-0.1, -0.05) is 27.7 Å². The van der Waals surface area contributed by atoms with E-state index in [0.717, 1.165) is 23.0 Å². The summed E-state index contributed by atoms with van der Waals surface area (Å²) in [6.07, 6.45) is 6.15. The quantitative estimate of drug-likeness (QED) is 0.504. The van der Waals surface area contributed by atoms with E-state index in [0.29, 0.717) is 17.4 Å². The molecule has 0 spiro atoms. The highest BCUT2D eigenvalue weighted by atomic mass is 32.2. The summed E-state index contributed by atoms with van der Waals surface area (Å²) in [6, 6.07) is 7.25. The number of imidazole rings is 1. The van der Waals surface area contributed by atoms with E-state index in [1.54, 1.807) is 29.0 Å². The third kappa shape index (κ3) is 5.32. The first-order valence-electron chi connectivity index (χ1n) is 10.8. The number of rotatable bonds is 8. The van der Waals surface area contributed by atoms with Crippen LogP contribution in [0.4, 0.5) is 0 Å². The first-order chi connectivity index (χ1) is 14.2. The van der Waals surface area contributed by atoms with E-state index in [1.165, 1.54) is 0 Å². The Bertz CT molecular complexity index is 1030. The highest BCUT2D eigenvalue weighted by Gasteiger charge is 2.31. The van der Waals surface area contributed by atoms with Gasteiger partial charge in [0, 0.05) is 35.4 Å². The van der Waals surface area contributed by atoms with Gasteiger partial charge in [0.25, 0.3) is 0 Å². The second-order valence-corrected chi connectivity index (χ2v) is 10.0. The third-order valence-corrected chi connectivity index (χ3v) is 7.01. The van der Waals surface area contributed by atoms with Crippen molar-refractivity contribution in [1.82, 2.24) is 18.8 Å². The number of aromatic amines is 1. The lowest BCUT2D eigenvalue weighted by molar-refractivity contribution is 0.284. The summed E-state index contributed by atoms with van der Waals surface area (Å²) in [5, 5.41) is 0.893. The number of nitrogens with one attached hydrogen (secondary N) is 1. The monoisotopic (exact) mass is 432 g/mol. The van der Waals surface area contributed by atoms with Gasteiger partial charge >= 0.3 is 0 Å². The summed E-state index contributed by atoms with van der Waals surface area (Å²) in [6.45, 7) is 14.7. The van der Waals surface area contributed by atoms with Crippen molar-refractivity contribution in [3.8, 4) is 0 Å². The summed E-state index contributed by atoms with van der Waals surface area (Å²) < 4.78 is 30.9. The molecule has 0 radical (unpaired) electrons. The molecule has 6 nitrogen and oxygen atoms in total. The molecule has 0 unspecified atom stereocenters. The molecule has 0 amide bonds. The highest BCUT2D eigenvalue weighted by Crippen LogP contribution is 2.27. The predicted molar refractivity (Wildman–Crippen MR) is 124 cm³/mol. The molecule has 0 fully saturated rings. The Morgan fingerprint density at radius 2 is 1.80 bits per heavy atom. The van der Waals surface area contributed by atoms with Gasteiger partial charge in [-0.2, -0.15) is 4.31 Å². The molecular weight excluding hydrogens is 396 g/mol. The summed E-state index contributed by atoms with van der Waals surface area (Å²) in [4.78, 5) is 7.68. The predicted octanol–water partition coefficient (Wildman–Crippen LogP) is 5.60. The molecule has 1 aromatic carbocycles. The van der Waals surface area contributed by atoms with E-state index in [-0.39, 0.29) is 12.1 Å². The van der Waals surface area contributed by atoms with Gasteiger partial charge in [-0.3, -0.25) is 0 Å². The van der Waals surface area contributed by atoms with Crippen LogP contribution in [0.2, 0.25) is 0 Å². The minimum Gasteiger partial charge on any atom is -0.361 e. The molecule has 0 saturated heterocycles. The van der Waals surface area contributed by atoms with E-state index in [2.05, 4.69) is 37.7 Å². The number of aromatic nitrogens is 3. The Morgan fingerprint density at radius 3 is 2.43 bits per heavy atom. The van der Waals surface area contributed by atoms with Gasteiger partial charge in [0.15, 0.2) is 0 Å². The fourth-order valence-electron chi connectivity index (χ4n) is 3.68. The van der Waals surface area contributed by atoms with Crippen LogP contribution in [0.3, 0.4) is 0 Å². The van der Waals surface area contributed by atoms with Crippen LogP contribution in [0.5, 0.6) is 0 Å². The number of sulfonamides is 1. The van der Waals surface area contributed by atoms with Crippen LogP contribution in [0.25, 0.3) is 10.9 Å². The van der Waals surface area contributed by atoms with Gasteiger partial charge in [-0.15, -0.1) is 0 Å². The Hall–Kier alpha value is -2.12. The van der Waals surface area contributed by atoms with Gasteiger partial charge in [0.2, 0.25) is 10.0 Å². The number of hydrogen-bond donors (Lipinski definition) is 1. The topological polar surface area (TPSA) is 71.0 Å². The maximum Gasteiger partial charge on any atom is 0.243 e. The molecule has 1 atom stereocenters. The zero-order valence-electron chi connectivity index (χ0n) is 19.3. The summed E-state index contributed by atoms with van der Waals surface area (Å²) in [5.74, 6) is 0.398. The average Bonchev–Trinajstić information content (AvgIpc) is 3.35. The van der Waals surface area contributed by atoms with E-state index in [1.807, 2.05) is 43.7 Å². The first-order valence-corrected chi connectivity index (χ1v) is 12.2. The van der Waals surface area contributed by atoms with Crippen LogP contribution in [0.15, 0.2) is 47.9 Å². The molecule has 1 N–H and O–H groups in total. The standard InChI is InChI=1S/C21H30N4O2S.C2H6/c1-15(2)10-17(5)25(13-19-12-22-14-24(19)16(3)4)28(26,27)20-6-7-21-18(11-20)8-9-23-21;1-2/h6-9,11-12,14-17,23H,10,13H2,1-5H3;1-2H3/t17-;/m1./s1. The molecule has 0 aliphatic carbocycles. The fourth-order valence-corrected chi connectivity index (χ4v) is 5.33. The fraction of sp³-hybridized carbons (Fsp3) is 0.522. The number of fused-ring (bicyclic) bond motifs is 1. The SMILES string of the molecule is CC.CC(C)C[C@@H](C)N(Cc1cncn1C(C)C)S(=O)(=O)c1ccc2[nH]ccc2c1. The zero-order chi connectivity index (χ0) is 22.5. The molecule has 0 saturated carbocycles. The minimum atomic E-state index is -3.66. The normalized spacial score (nSPS) is 13.1. The van der Waals surface area contributed by atoms with E-state index in [9.17, 15) is 8.42 Å². The van der Waals surface area contributed by atoms with Gasteiger partial charge in [0.1, 0.15) is 0 Å². The second-order valence-electron chi connectivity index (χ2n) is 8.14. The van der Waals surface area contributed by atoms with Crippen LogP contribution in [0.1, 0.15) is 66.6 Å². The Labute approximate surface area is 181 Å². The van der Waals surface area contributed by atoms with E-state index in [4.69, 9.17) is 0 Å². The van der Waals surface area contributed by atoms with E-state index >= 15 is 0 Å². The van der Waals surface area contributed by atoms with E-state index < -0.39 is 10.0 Å². The van der Waals surface area contributed by atoms with Crippen LogP contribution in [-0.4, -0.2) is 33.3 Å². The highest BCUT2D eigenvalue weighted by molar-refractivity contribution is 7.89. The maximum atomic E-state index is 13.6. The lowest BCUT2D eigenvalue weighted by atomic mass is 10.1. The summed E-state index contributed by atoms with van der Waals surface area (Å²) in [7, 11) is -3.66. The molecule has 166 valence electrons. The zero-order valence-corrected chi connectivity index (χ0v) is 20.1. The lowest BCUT2D eigenvalue weighted by Crippen LogP contribution is -2.39. The maximum absolute atomic E-state index is 13.6. The van der Waals surface area contributed by atoms with Crippen molar-refractivity contribution >= 4 is 20.9 Å². The minimum absolute atomic E-state index is 0.123. The summed E-state index contributed by atoms with van der Waals surface area (Å²) >= 11 is 0. The second kappa shape index (κ2) is 10.3. The Morgan fingerprint density at radius 1 is 1.10 bits per heavy atom. The Kier molecular flexibility index (Phi) is 8.26. The lowest BCUT2D eigenvalue weighted by Gasteiger charge is -2.30. The number of H-pyrrole nitrogens is 1. The number of nitrogens with zero attached hydrogens (tertiary/aromatic N) is 3.